The minimum Gasteiger partial charge on any atom is -0.354 e. The molecule has 1 saturated heterocycles. The number of amides is 1. The molecule has 0 aliphatic carbocycles. The number of halogens is 3. The SMILES string of the molecule is Cn1cc(NC(=O)CN2CCN(c3ccccn3)CC2)c(C(F)(F)F)n1. The summed E-state index contributed by atoms with van der Waals surface area (Å²) in [6.45, 7) is 2.69. The van der Waals surface area contributed by atoms with Crippen molar-refractivity contribution in [3.63, 3.8) is 0 Å². The molecule has 7 nitrogen and oxygen atoms in total. The maximum absolute atomic E-state index is 12.9. The quantitative estimate of drug-likeness (QED) is 0.888. The van der Waals surface area contributed by atoms with Gasteiger partial charge in [0, 0.05) is 45.6 Å². The second kappa shape index (κ2) is 7.32. The number of nitrogens with one attached hydrogen (secondary N) is 1. The molecule has 0 unspecified atom stereocenters. The predicted octanol–water partition coefficient (Wildman–Crippen LogP) is 1.59. The van der Waals surface area contributed by atoms with Crippen LogP contribution in [0.1, 0.15) is 5.69 Å². The molecule has 0 atom stereocenters. The lowest BCUT2D eigenvalue weighted by Crippen LogP contribution is -2.48. The van der Waals surface area contributed by atoms with Crippen molar-refractivity contribution in [2.24, 2.45) is 7.05 Å². The summed E-state index contributed by atoms with van der Waals surface area (Å²) in [4.78, 5) is 20.4. The van der Waals surface area contributed by atoms with Crippen molar-refractivity contribution in [3.8, 4) is 0 Å². The zero-order chi connectivity index (χ0) is 18.7. The second-order valence-corrected chi connectivity index (χ2v) is 6.06. The van der Waals surface area contributed by atoms with E-state index in [1.54, 1.807) is 6.20 Å². The molecule has 10 heteroatoms. The first-order valence-corrected chi connectivity index (χ1v) is 8.12. The lowest BCUT2D eigenvalue weighted by atomic mass is 10.3. The van der Waals surface area contributed by atoms with Crippen LogP contribution < -0.4 is 10.2 Å². The van der Waals surface area contributed by atoms with Crippen molar-refractivity contribution in [3.05, 3.63) is 36.3 Å². The summed E-state index contributed by atoms with van der Waals surface area (Å²) in [6.07, 6.45) is -1.74. The topological polar surface area (TPSA) is 66.3 Å². The van der Waals surface area contributed by atoms with E-state index in [4.69, 9.17) is 0 Å². The molecule has 1 N–H and O–H groups in total. The number of anilines is 2. The Morgan fingerprint density at radius 3 is 2.58 bits per heavy atom. The van der Waals surface area contributed by atoms with Crippen molar-refractivity contribution >= 4 is 17.4 Å². The molecule has 3 heterocycles. The van der Waals surface area contributed by atoms with Gasteiger partial charge in [0.25, 0.3) is 0 Å². The Morgan fingerprint density at radius 2 is 1.96 bits per heavy atom. The third-order valence-electron chi connectivity index (χ3n) is 4.08. The van der Waals surface area contributed by atoms with Crippen molar-refractivity contribution in [1.82, 2.24) is 19.7 Å². The summed E-state index contributed by atoms with van der Waals surface area (Å²) in [7, 11) is 1.38. The molecule has 0 saturated carbocycles. The van der Waals surface area contributed by atoms with Crippen LogP contribution >= 0.6 is 0 Å². The van der Waals surface area contributed by atoms with Crippen LogP contribution in [0.25, 0.3) is 0 Å². The molecular formula is C16H19F3N6O. The fourth-order valence-corrected chi connectivity index (χ4v) is 2.86. The van der Waals surface area contributed by atoms with Crippen molar-refractivity contribution in [1.29, 1.82) is 0 Å². The Hall–Kier alpha value is -2.62. The fraction of sp³-hybridized carbons (Fsp3) is 0.438. The number of piperazine rings is 1. The summed E-state index contributed by atoms with van der Waals surface area (Å²) < 4.78 is 39.8. The Balaban J connectivity index is 1.54. The van der Waals surface area contributed by atoms with Gasteiger partial charge in [0.1, 0.15) is 5.82 Å². The van der Waals surface area contributed by atoms with Gasteiger partial charge in [-0.2, -0.15) is 18.3 Å². The summed E-state index contributed by atoms with van der Waals surface area (Å²) in [5, 5.41) is 5.69. The van der Waals surface area contributed by atoms with Crippen LogP contribution in [0.3, 0.4) is 0 Å². The number of hydrogen-bond acceptors (Lipinski definition) is 5. The Morgan fingerprint density at radius 1 is 1.23 bits per heavy atom. The molecule has 0 aromatic carbocycles. The molecule has 2 aromatic rings. The number of carbonyl (C=O) groups is 1. The fourth-order valence-electron chi connectivity index (χ4n) is 2.86. The van der Waals surface area contributed by atoms with E-state index in [-0.39, 0.29) is 12.2 Å². The van der Waals surface area contributed by atoms with Gasteiger partial charge >= 0.3 is 6.18 Å². The van der Waals surface area contributed by atoms with Gasteiger partial charge < -0.3 is 10.2 Å². The van der Waals surface area contributed by atoms with Crippen molar-refractivity contribution < 1.29 is 18.0 Å². The van der Waals surface area contributed by atoms with Crippen LogP contribution in [-0.4, -0.2) is 58.3 Å². The first kappa shape index (κ1) is 18.2. The largest absolute Gasteiger partial charge is 0.437 e. The lowest BCUT2D eigenvalue weighted by Gasteiger charge is -2.34. The molecule has 0 radical (unpaired) electrons. The van der Waals surface area contributed by atoms with Crippen LogP contribution in [0.2, 0.25) is 0 Å². The highest BCUT2D eigenvalue weighted by Gasteiger charge is 2.37. The molecule has 1 fully saturated rings. The minimum atomic E-state index is -4.61. The number of nitrogens with zero attached hydrogens (tertiary/aromatic N) is 5. The molecule has 26 heavy (non-hydrogen) atoms. The standard InChI is InChI=1S/C16H19F3N6O/c1-23-10-12(15(22-23)16(17,18)19)21-14(26)11-24-6-8-25(9-7-24)13-4-2-3-5-20-13/h2-5,10H,6-9,11H2,1H3,(H,21,26). The average Bonchev–Trinajstić information content (AvgIpc) is 2.97. The highest BCUT2D eigenvalue weighted by atomic mass is 19.4. The number of rotatable bonds is 4. The molecule has 0 spiro atoms. The smallest absolute Gasteiger partial charge is 0.354 e. The molecule has 2 aromatic heterocycles. The van der Waals surface area contributed by atoms with Gasteiger partial charge in [-0.05, 0) is 12.1 Å². The van der Waals surface area contributed by atoms with E-state index in [1.807, 2.05) is 23.1 Å². The molecule has 3 rings (SSSR count). The predicted molar refractivity (Wildman–Crippen MR) is 89.7 cm³/mol. The Labute approximate surface area is 148 Å². The van der Waals surface area contributed by atoms with Crippen LogP contribution in [0, 0.1) is 0 Å². The number of aryl methyl sites for hydroxylation is 1. The first-order chi connectivity index (χ1) is 12.3. The zero-order valence-electron chi connectivity index (χ0n) is 14.2. The van der Waals surface area contributed by atoms with E-state index in [1.165, 1.54) is 7.05 Å². The second-order valence-electron chi connectivity index (χ2n) is 6.06. The summed E-state index contributed by atoms with van der Waals surface area (Å²) in [5.74, 6) is 0.386. The van der Waals surface area contributed by atoms with Gasteiger partial charge in [0.2, 0.25) is 5.91 Å². The first-order valence-electron chi connectivity index (χ1n) is 8.12. The van der Waals surface area contributed by atoms with Gasteiger partial charge in [-0.15, -0.1) is 0 Å². The van der Waals surface area contributed by atoms with E-state index in [9.17, 15) is 18.0 Å². The normalized spacial score (nSPS) is 15.9. The molecule has 140 valence electrons. The monoisotopic (exact) mass is 368 g/mol. The van der Waals surface area contributed by atoms with Gasteiger partial charge in [0.05, 0.1) is 12.2 Å². The van der Waals surface area contributed by atoms with Gasteiger partial charge in [-0.3, -0.25) is 14.4 Å². The highest BCUT2D eigenvalue weighted by Crippen LogP contribution is 2.33. The van der Waals surface area contributed by atoms with Gasteiger partial charge in [0.15, 0.2) is 5.69 Å². The molecular weight excluding hydrogens is 349 g/mol. The van der Waals surface area contributed by atoms with E-state index in [2.05, 4.69) is 20.3 Å². The molecule has 1 amide bonds. The van der Waals surface area contributed by atoms with Gasteiger partial charge in [-0.1, -0.05) is 6.07 Å². The Kier molecular flexibility index (Phi) is 5.12. The van der Waals surface area contributed by atoms with E-state index in [0.717, 1.165) is 16.7 Å². The molecule has 1 aliphatic heterocycles. The summed E-state index contributed by atoms with van der Waals surface area (Å²) >= 11 is 0. The third-order valence-corrected chi connectivity index (χ3v) is 4.08. The summed E-state index contributed by atoms with van der Waals surface area (Å²) in [5.41, 5.74) is -1.41. The van der Waals surface area contributed by atoms with Crippen LogP contribution in [0.4, 0.5) is 24.7 Å². The average molecular weight is 368 g/mol. The van der Waals surface area contributed by atoms with Crippen molar-refractivity contribution in [2.75, 3.05) is 42.9 Å². The minimum absolute atomic E-state index is 0.0300. The van der Waals surface area contributed by atoms with Crippen molar-refractivity contribution in [2.45, 2.75) is 6.18 Å². The number of pyridine rings is 1. The Bertz CT molecular complexity index is 753. The number of alkyl halides is 3. The number of hydrogen-bond donors (Lipinski definition) is 1. The van der Waals surface area contributed by atoms with Crippen LogP contribution in [-0.2, 0) is 18.0 Å². The summed E-state index contributed by atoms with van der Waals surface area (Å²) in [6, 6.07) is 5.68. The van der Waals surface area contributed by atoms with E-state index < -0.39 is 17.8 Å². The molecule has 0 bridgehead atoms. The number of carbonyl (C=O) groups excluding carboxylic acids is 1. The number of aromatic nitrogens is 3. The highest BCUT2D eigenvalue weighted by molar-refractivity contribution is 5.92. The molecule has 1 aliphatic rings. The maximum Gasteiger partial charge on any atom is 0.437 e. The van der Waals surface area contributed by atoms with E-state index in [0.29, 0.717) is 26.2 Å². The maximum atomic E-state index is 12.9. The van der Waals surface area contributed by atoms with E-state index >= 15 is 0 Å². The van der Waals surface area contributed by atoms with Crippen LogP contribution in [0.5, 0.6) is 0 Å². The zero-order valence-corrected chi connectivity index (χ0v) is 14.2. The third kappa shape index (κ3) is 4.31. The lowest BCUT2D eigenvalue weighted by molar-refractivity contribution is -0.140. The van der Waals surface area contributed by atoms with Crippen LogP contribution in [0.15, 0.2) is 30.6 Å². The van der Waals surface area contributed by atoms with Gasteiger partial charge in [-0.25, -0.2) is 4.98 Å².